The second-order valence-electron chi connectivity index (χ2n) is 5.51. The fraction of sp³-hybridized carbons (Fsp3) is 0.389. The quantitative estimate of drug-likeness (QED) is 0.787. The average Bonchev–Trinajstić information content (AvgIpc) is 2.51. The molecule has 1 amide bonds. The minimum Gasteiger partial charge on any atom is -0.494 e. The van der Waals surface area contributed by atoms with Crippen LogP contribution in [0.15, 0.2) is 30.3 Å². The van der Waals surface area contributed by atoms with E-state index in [4.69, 9.17) is 4.74 Å². The predicted octanol–water partition coefficient (Wildman–Crippen LogP) is 3.91. The maximum atomic E-state index is 12.2. The van der Waals surface area contributed by atoms with Crippen LogP contribution in [0.4, 0.5) is 5.95 Å². The van der Waals surface area contributed by atoms with Crippen molar-refractivity contribution < 1.29 is 9.53 Å². The van der Waals surface area contributed by atoms with Gasteiger partial charge in [0, 0.05) is 17.0 Å². The fourth-order valence-electron chi connectivity index (χ4n) is 2.20. The molecule has 1 aromatic heterocycles. The van der Waals surface area contributed by atoms with Gasteiger partial charge >= 0.3 is 0 Å². The highest BCUT2D eigenvalue weighted by molar-refractivity contribution is 6.03. The Kier molecular flexibility index (Phi) is 6.09. The molecule has 0 aliphatic heterocycles. The number of benzene rings is 1. The maximum absolute atomic E-state index is 12.2. The van der Waals surface area contributed by atoms with Gasteiger partial charge in [-0.25, -0.2) is 9.97 Å². The van der Waals surface area contributed by atoms with Crippen LogP contribution in [-0.2, 0) is 0 Å². The third-order valence-corrected chi connectivity index (χ3v) is 3.34. The zero-order valence-corrected chi connectivity index (χ0v) is 13.9. The highest BCUT2D eigenvalue weighted by Gasteiger charge is 2.08. The van der Waals surface area contributed by atoms with Crippen LogP contribution in [0.3, 0.4) is 0 Å². The number of amides is 1. The third-order valence-electron chi connectivity index (χ3n) is 3.34. The lowest BCUT2D eigenvalue weighted by atomic mass is 10.2. The molecule has 0 saturated carbocycles. The average molecular weight is 313 g/mol. The first-order chi connectivity index (χ1) is 11.1. The third kappa shape index (κ3) is 5.36. The SMILES string of the molecule is CCCCCOc1ccc(C(=O)Nc2nc(C)cc(C)n2)cc1. The molecule has 2 rings (SSSR count). The summed E-state index contributed by atoms with van der Waals surface area (Å²) in [6.07, 6.45) is 3.38. The number of aryl methyl sites for hydroxylation is 2. The lowest BCUT2D eigenvalue weighted by molar-refractivity contribution is 0.102. The Labute approximate surface area is 137 Å². The number of rotatable bonds is 7. The summed E-state index contributed by atoms with van der Waals surface area (Å²) >= 11 is 0. The molecule has 0 aliphatic rings. The summed E-state index contributed by atoms with van der Waals surface area (Å²) < 4.78 is 5.64. The van der Waals surface area contributed by atoms with Crippen LogP contribution in [0.2, 0.25) is 0 Å². The molecule has 0 atom stereocenters. The summed E-state index contributed by atoms with van der Waals surface area (Å²) in [6, 6.07) is 8.97. The first kappa shape index (κ1) is 16.9. The molecule has 0 fully saturated rings. The van der Waals surface area contributed by atoms with Crippen molar-refractivity contribution in [3.05, 3.63) is 47.3 Å². The van der Waals surface area contributed by atoms with Gasteiger partial charge in [-0.15, -0.1) is 0 Å². The van der Waals surface area contributed by atoms with E-state index in [0.717, 1.165) is 30.0 Å². The number of carbonyl (C=O) groups excluding carboxylic acids is 1. The summed E-state index contributed by atoms with van der Waals surface area (Å²) in [7, 11) is 0. The van der Waals surface area contributed by atoms with Gasteiger partial charge in [0.25, 0.3) is 5.91 Å². The molecule has 122 valence electrons. The molecule has 1 aromatic carbocycles. The van der Waals surface area contributed by atoms with Gasteiger partial charge in [-0.05, 0) is 50.6 Å². The van der Waals surface area contributed by atoms with Crippen molar-refractivity contribution in [1.29, 1.82) is 0 Å². The molecule has 5 heteroatoms. The number of hydrogen-bond donors (Lipinski definition) is 1. The van der Waals surface area contributed by atoms with Gasteiger partial charge in [0.15, 0.2) is 0 Å². The normalized spacial score (nSPS) is 10.4. The predicted molar refractivity (Wildman–Crippen MR) is 90.9 cm³/mol. The largest absolute Gasteiger partial charge is 0.494 e. The van der Waals surface area contributed by atoms with Gasteiger partial charge in [0.1, 0.15) is 5.75 Å². The monoisotopic (exact) mass is 313 g/mol. The van der Waals surface area contributed by atoms with E-state index >= 15 is 0 Å². The molecule has 0 aliphatic carbocycles. The first-order valence-electron chi connectivity index (χ1n) is 7.95. The van der Waals surface area contributed by atoms with Crippen molar-refractivity contribution in [3.8, 4) is 5.75 Å². The van der Waals surface area contributed by atoms with Gasteiger partial charge < -0.3 is 4.74 Å². The van der Waals surface area contributed by atoms with Gasteiger partial charge in [-0.3, -0.25) is 10.1 Å². The van der Waals surface area contributed by atoms with Crippen molar-refractivity contribution in [1.82, 2.24) is 9.97 Å². The van der Waals surface area contributed by atoms with Gasteiger partial charge in [-0.2, -0.15) is 0 Å². The molecule has 23 heavy (non-hydrogen) atoms. The smallest absolute Gasteiger partial charge is 0.258 e. The van der Waals surface area contributed by atoms with E-state index in [1.807, 2.05) is 32.0 Å². The summed E-state index contributed by atoms with van der Waals surface area (Å²) in [5.74, 6) is 0.875. The molecule has 0 unspecified atom stereocenters. The number of aromatic nitrogens is 2. The number of unbranched alkanes of at least 4 members (excludes halogenated alkanes) is 2. The first-order valence-corrected chi connectivity index (χ1v) is 7.95. The molecule has 0 radical (unpaired) electrons. The van der Waals surface area contributed by atoms with Crippen molar-refractivity contribution in [2.45, 2.75) is 40.0 Å². The Morgan fingerprint density at radius 1 is 1.09 bits per heavy atom. The molecular weight excluding hydrogens is 290 g/mol. The summed E-state index contributed by atoms with van der Waals surface area (Å²) in [4.78, 5) is 20.6. The molecule has 1 heterocycles. The second-order valence-corrected chi connectivity index (χ2v) is 5.51. The highest BCUT2D eigenvalue weighted by Crippen LogP contribution is 2.14. The molecule has 0 saturated heterocycles. The molecule has 5 nitrogen and oxygen atoms in total. The van der Waals surface area contributed by atoms with Crippen LogP contribution in [-0.4, -0.2) is 22.5 Å². The summed E-state index contributed by atoms with van der Waals surface area (Å²) in [6.45, 7) is 6.60. The van der Waals surface area contributed by atoms with Crippen molar-refractivity contribution in [2.75, 3.05) is 11.9 Å². The minimum atomic E-state index is -0.229. The van der Waals surface area contributed by atoms with Gasteiger partial charge in [0.05, 0.1) is 6.61 Å². The number of nitrogens with one attached hydrogen (secondary N) is 1. The lowest BCUT2D eigenvalue weighted by Gasteiger charge is -2.08. The Morgan fingerprint density at radius 3 is 2.35 bits per heavy atom. The molecule has 0 bridgehead atoms. The maximum Gasteiger partial charge on any atom is 0.258 e. The van der Waals surface area contributed by atoms with Crippen molar-refractivity contribution in [2.24, 2.45) is 0 Å². The van der Waals surface area contributed by atoms with E-state index in [0.29, 0.717) is 18.1 Å². The number of carbonyl (C=O) groups is 1. The molecule has 1 N–H and O–H groups in total. The van der Waals surface area contributed by atoms with E-state index in [-0.39, 0.29) is 5.91 Å². The van der Waals surface area contributed by atoms with E-state index in [1.165, 1.54) is 6.42 Å². The summed E-state index contributed by atoms with van der Waals surface area (Å²) in [5, 5.41) is 2.72. The Morgan fingerprint density at radius 2 is 1.74 bits per heavy atom. The number of ether oxygens (including phenoxy) is 1. The number of anilines is 1. The van der Waals surface area contributed by atoms with Crippen LogP contribution in [0, 0.1) is 13.8 Å². The van der Waals surface area contributed by atoms with Crippen LogP contribution in [0.1, 0.15) is 47.9 Å². The van der Waals surface area contributed by atoms with E-state index in [9.17, 15) is 4.79 Å². The van der Waals surface area contributed by atoms with Gasteiger partial charge in [-0.1, -0.05) is 19.8 Å². The number of hydrogen-bond acceptors (Lipinski definition) is 4. The standard InChI is InChI=1S/C18H23N3O2/c1-4-5-6-11-23-16-9-7-15(8-10-16)17(22)21-18-19-13(2)12-14(3)20-18/h7-10,12H,4-6,11H2,1-3H3,(H,19,20,21,22). The lowest BCUT2D eigenvalue weighted by Crippen LogP contribution is -2.14. The van der Waals surface area contributed by atoms with Crippen LogP contribution < -0.4 is 10.1 Å². The van der Waals surface area contributed by atoms with Crippen molar-refractivity contribution >= 4 is 11.9 Å². The summed E-state index contributed by atoms with van der Waals surface area (Å²) in [5.41, 5.74) is 2.20. The Balaban J connectivity index is 1.94. The Hall–Kier alpha value is -2.43. The fourth-order valence-corrected chi connectivity index (χ4v) is 2.20. The zero-order chi connectivity index (χ0) is 16.7. The topological polar surface area (TPSA) is 64.1 Å². The van der Waals surface area contributed by atoms with Gasteiger partial charge in [0.2, 0.25) is 5.95 Å². The molecule has 2 aromatic rings. The van der Waals surface area contributed by atoms with Crippen LogP contribution in [0.5, 0.6) is 5.75 Å². The van der Waals surface area contributed by atoms with E-state index < -0.39 is 0 Å². The minimum absolute atomic E-state index is 0.229. The highest BCUT2D eigenvalue weighted by atomic mass is 16.5. The van der Waals surface area contributed by atoms with E-state index in [1.54, 1.807) is 12.1 Å². The molecular formula is C18H23N3O2. The Bertz CT molecular complexity index is 634. The van der Waals surface area contributed by atoms with Crippen LogP contribution in [0.25, 0.3) is 0 Å². The number of nitrogens with zero attached hydrogens (tertiary/aromatic N) is 2. The zero-order valence-electron chi connectivity index (χ0n) is 13.9. The van der Waals surface area contributed by atoms with Crippen LogP contribution >= 0.6 is 0 Å². The van der Waals surface area contributed by atoms with E-state index in [2.05, 4.69) is 22.2 Å². The van der Waals surface area contributed by atoms with Crippen molar-refractivity contribution in [3.63, 3.8) is 0 Å². The molecule has 0 spiro atoms. The second kappa shape index (κ2) is 8.27.